The van der Waals surface area contributed by atoms with Gasteiger partial charge in [-0.1, -0.05) is 24.6 Å². The van der Waals surface area contributed by atoms with Gasteiger partial charge in [0.25, 0.3) is 0 Å². The topological polar surface area (TPSA) is 39.1 Å². The molecule has 1 aromatic carbocycles. The summed E-state index contributed by atoms with van der Waals surface area (Å²) in [7, 11) is 0. The lowest BCUT2D eigenvalue weighted by Crippen LogP contribution is -2.19. The molecule has 114 valence electrons. The van der Waals surface area contributed by atoms with Crippen LogP contribution in [-0.2, 0) is 6.54 Å². The van der Waals surface area contributed by atoms with Gasteiger partial charge in [0.15, 0.2) is 0 Å². The molecule has 0 saturated heterocycles. The fraction of sp³-hybridized carbons (Fsp3) is 0.438. The smallest absolute Gasteiger partial charge is 0.137 e. The van der Waals surface area contributed by atoms with Gasteiger partial charge < -0.3 is 14.6 Å². The van der Waals surface area contributed by atoms with Crippen molar-refractivity contribution in [3.05, 3.63) is 47.5 Å². The average Bonchev–Trinajstić information content (AvgIpc) is 2.99. The van der Waals surface area contributed by atoms with Crippen LogP contribution in [0, 0.1) is 0 Å². The molecule has 1 N–H and O–H groups in total. The molecule has 1 atom stereocenters. The normalized spacial score (nSPS) is 12.3. The predicted molar refractivity (Wildman–Crippen MR) is 85.9 cm³/mol. The van der Waals surface area contributed by atoms with E-state index in [0.717, 1.165) is 25.3 Å². The molecule has 2 aromatic rings. The lowest BCUT2D eigenvalue weighted by Gasteiger charge is -2.15. The summed E-state index contributed by atoms with van der Waals surface area (Å²) in [6.07, 6.45) is 6.56. The Bertz CT molecular complexity index is 542. The standard InChI is InChI=1S/C16H22ClN3O/c1-3-6-19-13(2)14-4-5-16(15(17)11-14)21-10-9-20-8-7-18-12-20/h4-5,7-8,11-13,19H,3,6,9-10H2,1-2H3. The lowest BCUT2D eigenvalue weighted by atomic mass is 10.1. The van der Waals surface area contributed by atoms with Crippen LogP contribution in [0.1, 0.15) is 31.9 Å². The fourth-order valence-corrected chi connectivity index (χ4v) is 2.31. The highest BCUT2D eigenvalue weighted by atomic mass is 35.5. The molecule has 0 aliphatic heterocycles. The number of benzene rings is 1. The highest BCUT2D eigenvalue weighted by Crippen LogP contribution is 2.28. The predicted octanol–water partition coefficient (Wildman–Crippen LogP) is 3.68. The number of nitrogens with one attached hydrogen (secondary N) is 1. The molecule has 0 saturated carbocycles. The summed E-state index contributed by atoms with van der Waals surface area (Å²) >= 11 is 6.30. The molecular formula is C16H22ClN3O. The van der Waals surface area contributed by atoms with Crippen LogP contribution in [0.2, 0.25) is 5.02 Å². The van der Waals surface area contributed by atoms with Crippen LogP contribution < -0.4 is 10.1 Å². The van der Waals surface area contributed by atoms with E-state index in [9.17, 15) is 0 Å². The van der Waals surface area contributed by atoms with Gasteiger partial charge in [-0.3, -0.25) is 0 Å². The number of halogens is 1. The molecule has 0 aliphatic carbocycles. The molecule has 1 heterocycles. The Balaban J connectivity index is 1.89. The van der Waals surface area contributed by atoms with Gasteiger partial charge in [0.2, 0.25) is 0 Å². The summed E-state index contributed by atoms with van der Waals surface area (Å²) in [5, 5.41) is 4.10. The first-order valence-electron chi connectivity index (χ1n) is 7.32. The van der Waals surface area contributed by atoms with Crippen LogP contribution in [0.4, 0.5) is 0 Å². The van der Waals surface area contributed by atoms with E-state index in [1.54, 1.807) is 12.5 Å². The largest absolute Gasteiger partial charge is 0.490 e. The summed E-state index contributed by atoms with van der Waals surface area (Å²) in [6.45, 7) is 6.62. The van der Waals surface area contributed by atoms with Gasteiger partial charge in [-0.05, 0) is 37.6 Å². The Morgan fingerprint density at radius 3 is 2.95 bits per heavy atom. The third-order valence-electron chi connectivity index (χ3n) is 3.32. The summed E-state index contributed by atoms with van der Waals surface area (Å²) in [4.78, 5) is 4.00. The molecule has 0 amide bonds. The Labute approximate surface area is 131 Å². The summed E-state index contributed by atoms with van der Waals surface area (Å²) in [5.74, 6) is 0.725. The van der Waals surface area contributed by atoms with Crippen LogP contribution in [-0.4, -0.2) is 22.7 Å². The highest BCUT2D eigenvalue weighted by molar-refractivity contribution is 6.32. The highest BCUT2D eigenvalue weighted by Gasteiger charge is 2.08. The van der Waals surface area contributed by atoms with Crippen molar-refractivity contribution in [2.45, 2.75) is 32.9 Å². The molecule has 1 unspecified atom stereocenters. The van der Waals surface area contributed by atoms with Crippen molar-refractivity contribution >= 4 is 11.6 Å². The summed E-state index contributed by atoms with van der Waals surface area (Å²) in [5.41, 5.74) is 1.18. The van der Waals surface area contributed by atoms with Crippen molar-refractivity contribution in [1.29, 1.82) is 0 Å². The van der Waals surface area contributed by atoms with E-state index < -0.39 is 0 Å². The molecule has 21 heavy (non-hydrogen) atoms. The van der Waals surface area contributed by atoms with Crippen molar-refractivity contribution in [2.24, 2.45) is 0 Å². The van der Waals surface area contributed by atoms with Crippen molar-refractivity contribution in [3.8, 4) is 5.75 Å². The van der Waals surface area contributed by atoms with E-state index in [2.05, 4.69) is 30.2 Å². The van der Waals surface area contributed by atoms with Crippen LogP contribution >= 0.6 is 11.6 Å². The zero-order valence-electron chi connectivity index (χ0n) is 12.6. The second kappa shape index (κ2) is 8.05. The molecule has 2 rings (SSSR count). The van der Waals surface area contributed by atoms with Crippen LogP contribution in [0.5, 0.6) is 5.75 Å². The summed E-state index contributed by atoms with van der Waals surface area (Å²) in [6, 6.07) is 6.27. The molecule has 0 spiro atoms. The minimum Gasteiger partial charge on any atom is -0.490 e. The molecule has 0 bridgehead atoms. The Kier molecular flexibility index (Phi) is 6.08. The van der Waals surface area contributed by atoms with Gasteiger partial charge in [0.05, 0.1) is 17.9 Å². The maximum Gasteiger partial charge on any atom is 0.137 e. The minimum absolute atomic E-state index is 0.294. The monoisotopic (exact) mass is 307 g/mol. The van der Waals surface area contributed by atoms with Crippen molar-refractivity contribution in [3.63, 3.8) is 0 Å². The third-order valence-corrected chi connectivity index (χ3v) is 3.62. The molecule has 4 nitrogen and oxygen atoms in total. The molecule has 0 aliphatic rings. The van der Waals surface area contributed by atoms with Gasteiger partial charge in [0.1, 0.15) is 12.4 Å². The van der Waals surface area contributed by atoms with E-state index in [4.69, 9.17) is 16.3 Å². The number of rotatable bonds is 8. The minimum atomic E-state index is 0.294. The number of imidazole rings is 1. The number of aromatic nitrogens is 2. The maximum absolute atomic E-state index is 6.30. The number of hydrogen-bond donors (Lipinski definition) is 1. The molecule has 1 aromatic heterocycles. The summed E-state index contributed by atoms with van der Waals surface area (Å²) < 4.78 is 7.70. The van der Waals surface area contributed by atoms with Crippen LogP contribution in [0.15, 0.2) is 36.9 Å². The van der Waals surface area contributed by atoms with E-state index in [1.165, 1.54) is 5.56 Å². The van der Waals surface area contributed by atoms with Gasteiger partial charge in [-0.25, -0.2) is 4.98 Å². The van der Waals surface area contributed by atoms with E-state index in [-0.39, 0.29) is 0 Å². The van der Waals surface area contributed by atoms with Gasteiger partial charge >= 0.3 is 0 Å². The SMILES string of the molecule is CCCNC(C)c1ccc(OCCn2ccnc2)c(Cl)c1. The van der Waals surface area contributed by atoms with Crippen LogP contribution in [0.25, 0.3) is 0 Å². The van der Waals surface area contributed by atoms with Crippen molar-refractivity contribution in [1.82, 2.24) is 14.9 Å². The first-order chi connectivity index (χ1) is 10.2. The van der Waals surface area contributed by atoms with Crippen molar-refractivity contribution < 1.29 is 4.74 Å². The number of nitrogens with zero attached hydrogens (tertiary/aromatic N) is 2. The second-order valence-corrected chi connectivity index (χ2v) is 5.42. The molecular weight excluding hydrogens is 286 g/mol. The fourth-order valence-electron chi connectivity index (χ4n) is 2.06. The third kappa shape index (κ3) is 4.76. The van der Waals surface area contributed by atoms with Gasteiger partial charge in [-0.15, -0.1) is 0 Å². The number of hydrogen-bond acceptors (Lipinski definition) is 3. The van der Waals surface area contributed by atoms with Crippen LogP contribution in [0.3, 0.4) is 0 Å². The van der Waals surface area contributed by atoms with Crippen molar-refractivity contribution in [2.75, 3.05) is 13.2 Å². The van der Waals surface area contributed by atoms with Gasteiger partial charge in [-0.2, -0.15) is 0 Å². The lowest BCUT2D eigenvalue weighted by molar-refractivity contribution is 0.298. The zero-order chi connectivity index (χ0) is 15.1. The Hall–Kier alpha value is -1.52. The van der Waals surface area contributed by atoms with E-state index >= 15 is 0 Å². The quantitative estimate of drug-likeness (QED) is 0.808. The average molecular weight is 308 g/mol. The van der Waals surface area contributed by atoms with E-state index in [1.807, 2.05) is 22.9 Å². The van der Waals surface area contributed by atoms with E-state index in [0.29, 0.717) is 17.7 Å². The molecule has 5 heteroatoms. The Morgan fingerprint density at radius 1 is 1.43 bits per heavy atom. The second-order valence-electron chi connectivity index (χ2n) is 5.01. The first kappa shape index (κ1) is 15.9. The number of ether oxygens (including phenoxy) is 1. The molecule has 0 radical (unpaired) electrons. The zero-order valence-corrected chi connectivity index (χ0v) is 13.3. The first-order valence-corrected chi connectivity index (χ1v) is 7.70. The maximum atomic E-state index is 6.30. The molecule has 0 fully saturated rings. The van der Waals surface area contributed by atoms with Gasteiger partial charge in [0, 0.05) is 18.4 Å². The Morgan fingerprint density at radius 2 is 2.29 bits per heavy atom.